The number of fused-ring (bicyclic) bond motifs is 1. The molecule has 3 rings (SSSR count). The van der Waals surface area contributed by atoms with Crippen LogP contribution in [0.25, 0.3) is 0 Å². The first-order valence-corrected chi connectivity index (χ1v) is 11.8. The van der Waals surface area contributed by atoms with E-state index in [0.29, 0.717) is 10.7 Å². The highest BCUT2D eigenvalue weighted by Gasteiger charge is 2.41. The lowest BCUT2D eigenvalue weighted by Crippen LogP contribution is -2.61. The summed E-state index contributed by atoms with van der Waals surface area (Å²) in [5, 5.41) is 9.76. The van der Waals surface area contributed by atoms with E-state index in [9.17, 15) is 10.1 Å². The lowest BCUT2D eigenvalue weighted by atomic mass is 9.87. The molecule has 6 nitrogen and oxygen atoms in total. The molecule has 2 aliphatic heterocycles. The molecule has 0 N–H and O–H groups in total. The third kappa shape index (κ3) is 4.51. The van der Waals surface area contributed by atoms with Gasteiger partial charge in [-0.05, 0) is 44.1 Å². The van der Waals surface area contributed by atoms with Gasteiger partial charge >= 0.3 is 6.03 Å². The molecule has 0 bridgehead atoms. The van der Waals surface area contributed by atoms with Crippen molar-refractivity contribution in [2.75, 3.05) is 31.6 Å². The molecule has 2 unspecified atom stereocenters. The van der Waals surface area contributed by atoms with E-state index >= 15 is 0 Å². The van der Waals surface area contributed by atoms with Crippen molar-refractivity contribution in [3.8, 4) is 6.07 Å². The predicted octanol–water partition coefficient (Wildman–Crippen LogP) is 4.84. The fourth-order valence-corrected chi connectivity index (χ4v) is 5.33. The third-order valence-corrected chi connectivity index (χ3v) is 6.99. The maximum atomic E-state index is 13.2. The molecular formula is C23H34ClN5O. The number of carbonyl (C=O) groups excluding carboxylic acids is 1. The molecule has 30 heavy (non-hydrogen) atoms. The normalized spacial score (nSPS) is 21.2. The van der Waals surface area contributed by atoms with Gasteiger partial charge in [0.05, 0.1) is 22.9 Å². The Hall–Kier alpha value is -2.00. The Morgan fingerprint density at radius 2 is 2.00 bits per heavy atom. The van der Waals surface area contributed by atoms with Crippen LogP contribution in [0.3, 0.4) is 0 Å². The van der Waals surface area contributed by atoms with Gasteiger partial charge in [0.25, 0.3) is 0 Å². The van der Waals surface area contributed by atoms with Crippen LogP contribution in [0.1, 0.15) is 70.1 Å². The Kier molecular flexibility index (Phi) is 7.82. The van der Waals surface area contributed by atoms with Gasteiger partial charge in [0.1, 0.15) is 6.07 Å². The van der Waals surface area contributed by atoms with Crippen LogP contribution in [0.2, 0.25) is 5.02 Å². The average molecular weight is 432 g/mol. The topological polar surface area (TPSA) is 63.5 Å². The van der Waals surface area contributed by atoms with Crippen LogP contribution in [0.15, 0.2) is 6.20 Å². The van der Waals surface area contributed by atoms with E-state index in [-0.39, 0.29) is 18.1 Å². The third-order valence-electron chi connectivity index (χ3n) is 6.58. The summed E-state index contributed by atoms with van der Waals surface area (Å²) in [6, 6.07) is 2.74. The number of hydrogen-bond acceptors (Lipinski definition) is 4. The van der Waals surface area contributed by atoms with Gasteiger partial charge in [0, 0.05) is 32.7 Å². The molecule has 0 saturated carbocycles. The summed E-state index contributed by atoms with van der Waals surface area (Å²) in [6.07, 6.45) is 10.1. The molecule has 2 atom stereocenters. The van der Waals surface area contributed by atoms with Crippen molar-refractivity contribution in [2.24, 2.45) is 0 Å². The molecule has 164 valence electrons. The Labute approximate surface area is 185 Å². The van der Waals surface area contributed by atoms with Crippen molar-refractivity contribution in [3.63, 3.8) is 0 Å². The molecule has 2 amide bonds. The predicted molar refractivity (Wildman–Crippen MR) is 121 cm³/mol. The van der Waals surface area contributed by atoms with Crippen molar-refractivity contribution in [3.05, 3.63) is 22.5 Å². The van der Waals surface area contributed by atoms with Crippen LogP contribution >= 0.6 is 11.6 Å². The number of halogens is 1. The van der Waals surface area contributed by atoms with Gasteiger partial charge in [-0.15, -0.1) is 0 Å². The molecule has 7 heteroatoms. The van der Waals surface area contributed by atoms with Crippen LogP contribution in [-0.4, -0.2) is 59.6 Å². The van der Waals surface area contributed by atoms with E-state index in [4.69, 9.17) is 11.6 Å². The summed E-state index contributed by atoms with van der Waals surface area (Å²) in [5.74, 6) is 0. The van der Waals surface area contributed by atoms with Gasteiger partial charge in [-0.1, -0.05) is 38.3 Å². The summed E-state index contributed by atoms with van der Waals surface area (Å²) in [6.45, 7) is 6.84. The van der Waals surface area contributed by atoms with Gasteiger partial charge in [-0.2, -0.15) is 5.26 Å². The van der Waals surface area contributed by atoms with Crippen molar-refractivity contribution < 1.29 is 4.79 Å². The average Bonchev–Trinajstić information content (AvgIpc) is 2.77. The first kappa shape index (κ1) is 22.7. The van der Waals surface area contributed by atoms with E-state index in [1.807, 2.05) is 18.1 Å². The smallest absolute Gasteiger partial charge is 0.320 e. The number of nitriles is 1. The number of amides is 2. The number of aromatic nitrogens is 1. The number of anilines is 1. The Bertz CT molecular complexity index is 793. The van der Waals surface area contributed by atoms with Crippen LogP contribution < -0.4 is 4.90 Å². The maximum Gasteiger partial charge on any atom is 0.320 e. The largest absolute Gasteiger partial charge is 0.365 e. The molecular weight excluding hydrogens is 398 g/mol. The van der Waals surface area contributed by atoms with Crippen LogP contribution in [-0.2, 0) is 6.42 Å². The molecule has 1 aromatic rings. The fraction of sp³-hybridized carbons (Fsp3) is 0.696. The second-order valence-electron chi connectivity index (χ2n) is 8.47. The Morgan fingerprint density at radius 1 is 1.27 bits per heavy atom. The first-order chi connectivity index (χ1) is 14.5. The molecule has 2 saturated heterocycles. The highest BCUT2D eigenvalue weighted by Crippen LogP contribution is 2.37. The van der Waals surface area contributed by atoms with Gasteiger partial charge in [-0.25, -0.2) is 9.78 Å². The van der Waals surface area contributed by atoms with Crippen LogP contribution in [0.4, 0.5) is 10.5 Å². The lowest BCUT2D eigenvalue weighted by Gasteiger charge is -2.51. The zero-order valence-electron chi connectivity index (χ0n) is 18.5. The second kappa shape index (κ2) is 10.3. The molecule has 0 spiro atoms. The molecule has 3 heterocycles. The Balaban J connectivity index is 1.83. The molecule has 1 aromatic heterocycles. The summed E-state index contributed by atoms with van der Waals surface area (Å²) in [5.41, 5.74) is 2.31. The minimum atomic E-state index is 0.161. The summed E-state index contributed by atoms with van der Waals surface area (Å²) >= 11 is 6.51. The quantitative estimate of drug-likeness (QED) is 0.604. The summed E-state index contributed by atoms with van der Waals surface area (Å²) in [4.78, 5) is 23.9. The number of likely N-dealkylation sites (tertiary alicyclic amines) is 1. The zero-order chi connectivity index (χ0) is 21.7. The standard InChI is InChI=1S/C23H34ClN5O/c1-4-6-7-12-27(3)23(30)29-14-9-10-19-20(29)11-8-13-28(19)21-16-26-18(15-25)22(24)17(21)5-2/h16,19-20H,4-14H2,1-3H3. The van der Waals surface area contributed by atoms with E-state index < -0.39 is 0 Å². The van der Waals surface area contributed by atoms with E-state index in [1.165, 1.54) is 0 Å². The fourth-order valence-electron chi connectivity index (χ4n) is 5.01. The monoisotopic (exact) mass is 431 g/mol. The molecule has 0 radical (unpaired) electrons. The number of unbranched alkanes of at least 4 members (excludes halogenated alkanes) is 2. The van der Waals surface area contributed by atoms with Gasteiger partial charge in [-0.3, -0.25) is 0 Å². The Morgan fingerprint density at radius 3 is 2.70 bits per heavy atom. The van der Waals surface area contributed by atoms with E-state index in [0.717, 1.165) is 82.3 Å². The van der Waals surface area contributed by atoms with Gasteiger partial charge in [0.2, 0.25) is 0 Å². The highest BCUT2D eigenvalue weighted by molar-refractivity contribution is 6.32. The van der Waals surface area contributed by atoms with Gasteiger partial charge in [0.15, 0.2) is 5.69 Å². The molecule has 0 aliphatic carbocycles. The van der Waals surface area contributed by atoms with Crippen molar-refractivity contribution >= 4 is 23.3 Å². The molecule has 2 fully saturated rings. The summed E-state index contributed by atoms with van der Waals surface area (Å²) < 4.78 is 0. The van der Waals surface area contributed by atoms with E-state index in [2.05, 4.69) is 34.7 Å². The lowest BCUT2D eigenvalue weighted by molar-refractivity contribution is 0.0971. The van der Waals surface area contributed by atoms with Crippen molar-refractivity contribution in [2.45, 2.75) is 77.3 Å². The van der Waals surface area contributed by atoms with Crippen molar-refractivity contribution in [1.82, 2.24) is 14.8 Å². The number of nitrogens with zero attached hydrogens (tertiary/aromatic N) is 5. The number of pyridine rings is 1. The van der Waals surface area contributed by atoms with Crippen LogP contribution in [0, 0.1) is 11.3 Å². The van der Waals surface area contributed by atoms with E-state index in [1.54, 1.807) is 0 Å². The van der Waals surface area contributed by atoms with Crippen molar-refractivity contribution in [1.29, 1.82) is 5.26 Å². The number of carbonyl (C=O) groups is 1. The maximum absolute atomic E-state index is 13.2. The first-order valence-electron chi connectivity index (χ1n) is 11.4. The SMILES string of the molecule is CCCCCN(C)C(=O)N1CCCC2C1CCCN2c1cnc(C#N)c(Cl)c1CC. The number of hydrogen-bond donors (Lipinski definition) is 0. The molecule has 2 aliphatic rings. The number of piperidine rings is 2. The zero-order valence-corrected chi connectivity index (χ0v) is 19.3. The van der Waals surface area contributed by atoms with Gasteiger partial charge < -0.3 is 14.7 Å². The number of urea groups is 1. The minimum absolute atomic E-state index is 0.161. The highest BCUT2D eigenvalue weighted by atomic mass is 35.5. The molecule has 0 aromatic carbocycles. The second-order valence-corrected chi connectivity index (χ2v) is 8.85. The van der Waals surface area contributed by atoms with Crippen LogP contribution in [0.5, 0.6) is 0 Å². The number of rotatable bonds is 6. The minimum Gasteiger partial charge on any atom is -0.365 e. The summed E-state index contributed by atoms with van der Waals surface area (Å²) in [7, 11) is 1.93.